The highest BCUT2D eigenvalue weighted by molar-refractivity contribution is 7.20. The minimum atomic E-state index is -0.141. The van der Waals surface area contributed by atoms with Crippen LogP contribution in [-0.4, -0.2) is 18.0 Å². The molecule has 0 unspecified atom stereocenters. The van der Waals surface area contributed by atoms with Gasteiger partial charge < -0.3 is 10.1 Å². The summed E-state index contributed by atoms with van der Waals surface area (Å²) in [5, 5.41) is 8.33. The van der Waals surface area contributed by atoms with Crippen molar-refractivity contribution in [3.05, 3.63) is 51.3 Å². The molecule has 4 nitrogen and oxygen atoms in total. The van der Waals surface area contributed by atoms with Crippen LogP contribution < -0.4 is 10.1 Å². The van der Waals surface area contributed by atoms with Gasteiger partial charge in [0.15, 0.2) is 0 Å². The molecule has 0 spiro atoms. The third-order valence-electron chi connectivity index (χ3n) is 3.38. The van der Waals surface area contributed by atoms with Crippen molar-refractivity contribution in [2.24, 2.45) is 0 Å². The van der Waals surface area contributed by atoms with E-state index in [0.29, 0.717) is 16.5 Å². The fourth-order valence-corrected chi connectivity index (χ4v) is 3.98. The number of rotatable bonds is 5. The zero-order valence-electron chi connectivity index (χ0n) is 13.1. The Labute approximate surface area is 153 Å². The van der Waals surface area contributed by atoms with Gasteiger partial charge in [0.1, 0.15) is 10.8 Å². The number of anilines is 1. The van der Waals surface area contributed by atoms with Crippen LogP contribution >= 0.6 is 34.3 Å². The summed E-state index contributed by atoms with van der Waals surface area (Å²) in [6, 6.07) is 7.51. The smallest absolute Gasteiger partial charge is 0.230 e. The van der Waals surface area contributed by atoms with Gasteiger partial charge in [0.05, 0.1) is 29.8 Å². The molecule has 0 atom stereocenters. The van der Waals surface area contributed by atoms with Crippen molar-refractivity contribution >= 4 is 45.9 Å². The number of carbonyl (C=O) groups is 1. The lowest BCUT2D eigenvalue weighted by Gasteiger charge is -2.11. The first kappa shape index (κ1) is 17.0. The average molecular weight is 379 g/mol. The molecule has 7 heteroatoms. The summed E-state index contributed by atoms with van der Waals surface area (Å²) in [6.45, 7) is 1.88. The van der Waals surface area contributed by atoms with Crippen molar-refractivity contribution in [3.8, 4) is 15.6 Å². The molecule has 24 heavy (non-hydrogen) atoms. The maximum Gasteiger partial charge on any atom is 0.230 e. The second-order valence-corrected chi connectivity index (χ2v) is 7.36. The first-order valence-electron chi connectivity index (χ1n) is 7.19. The zero-order chi connectivity index (χ0) is 17.1. The van der Waals surface area contributed by atoms with Gasteiger partial charge in [-0.2, -0.15) is 0 Å². The van der Waals surface area contributed by atoms with Crippen LogP contribution in [-0.2, 0) is 11.2 Å². The maximum absolute atomic E-state index is 12.3. The summed E-state index contributed by atoms with van der Waals surface area (Å²) in [5.74, 6) is 0.398. The fraction of sp³-hybridized carbons (Fsp3) is 0.176. The molecular formula is C17H15ClN2O2S2. The number of carbonyl (C=O) groups excluding carboxylic acids is 1. The van der Waals surface area contributed by atoms with E-state index in [0.717, 1.165) is 21.1 Å². The number of hydrogen-bond acceptors (Lipinski definition) is 5. The topological polar surface area (TPSA) is 51.2 Å². The molecule has 0 radical (unpaired) electrons. The van der Waals surface area contributed by atoms with Gasteiger partial charge in [-0.25, -0.2) is 4.98 Å². The zero-order valence-corrected chi connectivity index (χ0v) is 15.5. The number of aromatic nitrogens is 1. The predicted molar refractivity (Wildman–Crippen MR) is 101 cm³/mol. The molecule has 0 fully saturated rings. The molecule has 124 valence electrons. The lowest BCUT2D eigenvalue weighted by molar-refractivity contribution is -0.115. The second-order valence-electron chi connectivity index (χ2n) is 5.15. The Morgan fingerprint density at radius 2 is 2.21 bits per heavy atom. The van der Waals surface area contributed by atoms with E-state index in [2.05, 4.69) is 10.3 Å². The van der Waals surface area contributed by atoms with Gasteiger partial charge >= 0.3 is 0 Å². The molecule has 1 amide bonds. The van der Waals surface area contributed by atoms with Crippen molar-refractivity contribution in [2.75, 3.05) is 12.4 Å². The van der Waals surface area contributed by atoms with Gasteiger partial charge in [0, 0.05) is 16.5 Å². The van der Waals surface area contributed by atoms with Crippen LogP contribution in [0.5, 0.6) is 5.75 Å². The molecule has 2 aromatic heterocycles. The van der Waals surface area contributed by atoms with Crippen molar-refractivity contribution in [3.63, 3.8) is 0 Å². The minimum Gasteiger partial charge on any atom is -0.495 e. The lowest BCUT2D eigenvalue weighted by Crippen LogP contribution is -2.15. The summed E-state index contributed by atoms with van der Waals surface area (Å²) in [7, 11) is 1.55. The summed E-state index contributed by atoms with van der Waals surface area (Å²) < 4.78 is 5.27. The number of aryl methyl sites for hydroxylation is 1. The van der Waals surface area contributed by atoms with E-state index in [1.807, 2.05) is 29.8 Å². The van der Waals surface area contributed by atoms with E-state index in [-0.39, 0.29) is 12.3 Å². The average Bonchev–Trinajstić information content (AvgIpc) is 3.21. The molecule has 2 heterocycles. The van der Waals surface area contributed by atoms with Gasteiger partial charge in [-0.15, -0.1) is 22.7 Å². The van der Waals surface area contributed by atoms with Gasteiger partial charge in [-0.1, -0.05) is 17.7 Å². The van der Waals surface area contributed by atoms with Gasteiger partial charge in [-0.3, -0.25) is 4.79 Å². The van der Waals surface area contributed by atoms with Crippen LogP contribution in [0.3, 0.4) is 0 Å². The van der Waals surface area contributed by atoms with Crippen LogP contribution in [0.15, 0.2) is 35.0 Å². The van der Waals surface area contributed by atoms with Crippen molar-refractivity contribution in [1.29, 1.82) is 0 Å². The Morgan fingerprint density at radius 1 is 1.38 bits per heavy atom. The highest BCUT2D eigenvalue weighted by atomic mass is 35.5. The van der Waals surface area contributed by atoms with E-state index in [9.17, 15) is 4.79 Å². The van der Waals surface area contributed by atoms with Crippen LogP contribution in [0.25, 0.3) is 9.88 Å². The molecule has 1 N–H and O–H groups in total. The first-order valence-corrected chi connectivity index (χ1v) is 9.33. The van der Waals surface area contributed by atoms with Crippen molar-refractivity contribution in [1.82, 2.24) is 4.98 Å². The number of methoxy groups -OCH3 is 1. The number of ether oxygens (including phenoxy) is 1. The second kappa shape index (κ2) is 7.34. The Balaban J connectivity index is 1.71. The molecular weight excluding hydrogens is 364 g/mol. The van der Waals surface area contributed by atoms with Gasteiger partial charge in [0.25, 0.3) is 0 Å². The van der Waals surface area contributed by atoms with Gasteiger partial charge in [-0.05, 0) is 30.0 Å². The first-order chi connectivity index (χ1) is 11.6. The third kappa shape index (κ3) is 3.77. The molecule has 0 saturated carbocycles. The van der Waals surface area contributed by atoms with E-state index in [1.165, 1.54) is 0 Å². The van der Waals surface area contributed by atoms with Crippen LogP contribution in [0.1, 0.15) is 11.3 Å². The maximum atomic E-state index is 12.3. The van der Waals surface area contributed by atoms with E-state index >= 15 is 0 Å². The minimum absolute atomic E-state index is 0.141. The molecule has 0 bridgehead atoms. The number of thiazole rings is 1. The van der Waals surface area contributed by atoms with Crippen LogP contribution in [0.2, 0.25) is 5.02 Å². The molecule has 3 rings (SSSR count). The Bertz CT molecular complexity index is 860. The summed E-state index contributed by atoms with van der Waals surface area (Å²) in [4.78, 5) is 17.9. The molecule has 1 aromatic carbocycles. The highest BCUT2D eigenvalue weighted by Gasteiger charge is 2.13. The van der Waals surface area contributed by atoms with Crippen LogP contribution in [0.4, 0.5) is 5.69 Å². The molecule has 0 saturated heterocycles. The molecule has 0 aliphatic carbocycles. The monoisotopic (exact) mass is 378 g/mol. The highest BCUT2D eigenvalue weighted by Crippen LogP contribution is 2.31. The summed E-state index contributed by atoms with van der Waals surface area (Å²) >= 11 is 9.26. The van der Waals surface area contributed by atoms with Crippen LogP contribution in [0, 0.1) is 6.92 Å². The number of halogens is 1. The summed E-state index contributed by atoms with van der Waals surface area (Å²) in [5.41, 5.74) is 2.24. The number of nitrogens with zero attached hydrogens (tertiary/aromatic N) is 1. The quantitative estimate of drug-likeness (QED) is 0.677. The largest absolute Gasteiger partial charge is 0.495 e. The summed E-state index contributed by atoms with van der Waals surface area (Å²) in [6.07, 6.45) is 0.215. The predicted octanol–water partition coefficient (Wildman–Crippen LogP) is 5.02. The Kier molecular flexibility index (Phi) is 5.18. The standard InChI is InChI=1S/C17H15ClN2O2S2/c1-10-6-13(14(22-2)8-12(10)18)20-16(21)7-11-9-24-17(19-11)15-4-3-5-23-15/h3-6,8-9H,7H2,1-2H3,(H,20,21). The number of hydrogen-bond donors (Lipinski definition) is 1. The van der Waals surface area contributed by atoms with E-state index in [1.54, 1.807) is 41.9 Å². The SMILES string of the molecule is COc1cc(Cl)c(C)cc1NC(=O)Cc1csc(-c2cccs2)n1. The lowest BCUT2D eigenvalue weighted by atomic mass is 10.2. The van der Waals surface area contributed by atoms with E-state index in [4.69, 9.17) is 16.3 Å². The fourth-order valence-electron chi connectivity index (χ4n) is 2.19. The van der Waals surface area contributed by atoms with Gasteiger partial charge in [0.2, 0.25) is 5.91 Å². The number of nitrogens with one attached hydrogen (secondary N) is 1. The number of benzene rings is 1. The van der Waals surface area contributed by atoms with E-state index < -0.39 is 0 Å². The normalized spacial score (nSPS) is 10.6. The number of amides is 1. The third-order valence-corrected chi connectivity index (χ3v) is 5.72. The Hall–Kier alpha value is -1.89. The molecule has 0 aliphatic rings. The van der Waals surface area contributed by atoms with Crippen molar-refractivity contribution < 1.29 is 9.53 Å². The van der Waals surface area contributed by atoms with Crippen molar-refractivity contribution in [2.45, 2.75) is 13.3 Å². The number of thiophene rings is 1. The Morgan fingerprint density at radius 3 is 2.92 bits per heavy atom. The molecule has 3 aromatic rings. The molecule has 0 aliphatic heterocycles.